The van der Waals surface area contributed by atoms with Crippen molar-refractivity contribution in [1.29, 1.82) is 5.26 Å². The van der Waals surface area contributed by atoms with Crippen molar-refractivity contribution in [2.45, 2.75) is 6.17 Å². The molecule has 0 radical (unpaired) electrons. The molecule has 0 spiro atoms. The highest BCUT2D eigenvalue weighted by atomic mass is 15.2. The summed E-state index contributed by atoms with van der Waals surface area (Å²) in [5.41, 5.74) is 8.58. The summed E-state index contributed by atoms with van der Waals surface area (Å²) in [7, 11) is 0. The summed E-state index contributed by atoms with van der Waals surface area (Å²) in [4.78, 5) is 8.77. The van der Waals surface area contributed by atoms with E-state index in [4.69, 9.17) is 4.99 Å². The molecule has 0 fully saturated rings. The van der Waals surface area contributed by atoms with E-state index in [0.29, 0.717) is 5.56 Å². The molecular formula is C38H28N4+2. The van der Waals surface area contributed by atoms with Crippen LogP contribution < -0.4 is 10.3 Å². The van der Waals surface area contributed by atoms with Gasteiger partial charge in [0.2, 0.25) is 0 Å². The minimum Gasteiger partial charge on any atom is -0.233 e. The van der Waals surface area contributed by atoms with E-state index in [9.17, 15) is 5.26 Å². The lowest BCUT2D eigenvalue weighted by molar-refractivity contribution is -0.789. The van der Waals surface area contributed by atoms with Crippen molar-refractivity contribution in [3.05, 3.63) is 168 Å². The van der Waals surface area contributed by atoms with Crippen LogP contribution in [0.3, 0.4) is 0 Å². The van der Waals surface area contributed by atoms with E-state index in [1.807, 2.05) is 48.5 Å². The maximum atomic E-state index is 9.19. The Morgan fingerprint density at radius 3 is 1.95 bits per heavy atom. The number of nitrogens with zero attached hydrogens (tertiary/aromatic N) is 2. The van der Waals surface area contributed by atoms with Crippen molar-refractivity contribution in [1.82, 2.24) is 0 Å². The predicted octanol–water partition coefficient (Wildman–Crippen LogP) is 5.60. The van der Waals surface area contributed by atoms with Gasteiger partial charge < -0.3 is 0 Å². The molecule has 4 nitrogen and oxygen atoms in total. The quantitative estimate of drug-likeness (QED) is 0.294. The van der Waals surface area contributed by atoms with Crippen LogP contribution in [0.5, 0.6) is 0 Å². The molecule has 0 saturated heterocycles. The van der Waals surface area contributed by atoms with Gasteiger partial charge in [0.05, 0.1) is 28.3 Å². The van der Waals surface area contributed by atoms with Crippen molar-refractivity contribution in [3.63, 3.8) is 0 Å². The molecule has 1 aliphatic rings. The van der Waals surface area contributed by atoms with Crippen molar-refractivity contribution < 1.29 is 10.3 Å². The Hall–Kier alpha value is -5.63. The fourth-order valence-corrected chi connectivity index (χ4v) is 5.67. The van der Waals surface area contributed by atoms with Crippen LogP contribution in [-0.2, 0) is 0 Å². The summed E-state index contributed by atoms with van der Waals surface area (Å²) in [6.45, 7) is 0. The topological polar surface area (TPSA) is 66.7 Å². The molecule has 42 heavy (non-hydrogen) atoms. The van der Waals surface area contributed by atoms with E-state index in [1.54, 1.807) is 0 Å². The first-order chi connectivity index (χ1) is 20.8. The number of benzene rings is 6. The predicted molar refractivity (Wildman–Crippen MR) is 169 cm³/mol. The lowest BCUT2D eigenvalue weighted by atomic mass is 9.92. The van der Waals surface area contributed by atoms with Gasteiger partial charge in [0.1, 0.15) is 0 Å². The number of fused-ring (bicyclic) bond motifs is 1. The van der Waals surface area contributed by atoms with Crippen molar-refractivity contribution >= 4 is 22.4 Å². The van der Waals surface area contributed by atoms with Crippen LogP contribution in [0.15, 0.2) is 151 Å². The highest BCUT2D eigenvalue weighted by molar-refractivity contribution is 6.06. The van der Waals surface area contributed by atoms with Crippen molar-refractivity contribution in [3.8, 4) is 28.3 Å². The highest BCUT2D eigenvalue weighted by Crippen LogP contribution is 2.34. The van der Waals surface area contributed by atoms with Gasteiger partial charge in [-0.25, -0.2) is 10.3 Å². The number of nitriles is 1. The van der Waals surface area contributed by atoms with Crippen LogP contribution >= 0.6 is 0 Å². The second-order valence-corrected chi connectivity index (χ2v) is 10.4. The second kappa shape index (κ2) is 11.1. The maximum Gasteiger partial charge on any atom is 0.343 e. The van der Waals surface area contributed by atoms with Crippen molar-refractivity contribution in [2.24, 2.45) is 4.99 Å². The Morgan fingerprint density at radius 1 is 0.571 bits per heavy atom. The molecule has 7 rings (SSSR count). The Kier molecular flexibility index (Phi) is 6.69. The molecule has 0 saturated carbocycles. The maximum absolute atomic E-state index is 9.19. The third-order valence-corrected chi connectivity index (χ3v) is 7.78. The van der Waals surface area contributed by atoms with Gasteiger partial charge >= 0.3 is 11.7 Å². The molecule has 198 valence electrons. The van der Waals surface area contributed by atoms with E-state index in [0.717, 1.165) is 39.5 Å². The van der Waals surface area contributed by atoms with Gasteiger partial charge in [-0.1, -0.05) is 97.1 Å². The van der Waals surface area contributed by atoms with Gasteiger partial charge in [-0.15, -0.1) is 0 Å². The van der Waals surface area contributed by atoms with Gasteiger partial charge in [-0.05, 0) is 81.6 Å². The summed E-state index contributed by atoms with van der Waals surface area (Å²) >= 11 is 0. The SMILES string of the molecule is N#Cc1ccc(-c2cccc(-c3ccc(C4[NH+]=C(c5ccccc5)N=C(c5ccccc5)[NH2+]4)c4ccccc34)c2)cc1. The number of aliphatic imine (C=N–C) groups is 1. The highest BCUT2D eigenvalue weighted by Gasteiger charge is 2.33. The minimum absolute atomic E-state index is 0.0585. The zero-order valence-corrected chi connectivity index (χ0v) is 22.9. The summed E-state index contributed by atoms with van der Waals surface area (Å²) in [6, 6.07) is 52.4. The van der Waals surface area contributed by atoms with Crippen LogP contribution in [-0.4, -0.2) is 11.7 Å². The van der Waals surface area contributed by atoms with E-state index in [-0.39, 0.29) is 6.17 Å². The lowest BCUT2D eigenvalue weighted by Crippen LogP contribution is -3.05. The van der Waals surface area contributed by atoms with E-state index < -0.39 is 0 Å². The number of nitrogens with one attached hydrogen (secondary N) is 1. The first-order valence-electron chi connectivity index (χ1n) is 14.1. The third kappa shape index (κ3) is 4.90. The molecule has 1 unspecified atom stereocenters. The number of hydrogen-bond acceptors (Lipinski definition) is 2. The first kappa shape index (κ1) is 25.3. The second-order valence-electron chi connectivity index (χ2n) is 10.4. The molecular weight excluding hydrogens is 512 g/mol. The molecule has 0 bridgehead atoms. The van der Waals surface area contributed by atoms with Crippen LogP contribution in [0.25, 0.3) is 33.0 Å². The van der Waals surface area contributed by atoms with Gasteiger partial charge in [0.25, 0.3) is 6.17 Å². The van der Waals surface area contributed by atoms with Crippen LogP contribution in [0.1, 0.15) is 28.4 Å². The van der Waals surface area contributed by atoms with Crippen LogP contribution in [0.4, 0.5) is 0 Å². The Morgan fingerprint density at radius 2 is 1.21 bits per heavy atom. The Balaban J connectivity index is 1.32. The summed E-state index contributed by atoms with van der Waals surface area (Å²) in [6.07, 6.45) is -0.0585. The van der Waals surface area contributed by atoms with E-state index >= 15 is 0 Å². The smallest absolute Gasteiger partial charge is 0.233 e. The number of nitrogens with two attached hydrogens (primary N) is 1. The summed E-state index contributed by atoms with van der Waals surface area (Å²) < 4.78 is 0. The molecule has 1 aliphatic heterocycles. The first-order valence-corrected chi connectivity index (χ1v) is 14.1. The number of hydrogen-bond donors (Lipinski definition) is 2. The van der Waals surface area contributed by atoms with Gasteiger partial charge in [0.15, 0.2) is 0 Å². The van der Waals surface area contributed by atoms with E-state index in [1.165, 1.54) is 21.9 Å². The lowest BCUT2D eigenvalue weighted by Gasteiger charge is -2.17. The minimum atomic E-state index is -0.0585. The fourth-order valence-electron chi connectivity index (χ4n) is 5.67. The standard InChI is InChI=1S/C38H26N4/c39-25-26-18-20-27(21-19-26)30-14-9-15-31(24-30)32-22-23-35(34-17-8-7-16-33(32)34)38-41-36(28-10-3-1-4-11-28)40-37(42-38)29-12-5-2-6-13-29/h1-24,38H,(H,40,41,42)/p+2. The molecule has 1 atom stereocenters. The fraction of sp³-hybridized carbons (Fsp3) is 0.0263. The molecule has 3 N–H and O–H groups in total. The van der Waals surface area contributed by atoms with Gasteiger partial charge in [0, 0.05) is 4.99 Å². The summed E-state index contributed by atoms with van der Waals surface area (Å²) in [5, 5.41) is 13.8. The van der Waals surface area contributed by atoms with Crippen LogP contribution in [0, 0.1) is 11.3 Å². The van der Waals surface area contributed by atoms with Gasteiger partial charge in [-0.2, -0.15) is 5.26 Å². The number of quaternary nitrogens is 1. The molecule has 6 aromatic rings. The third-order valence-electron chi connectivity index (χ3n) is 7.78. The number of rotatable bonds is 5. The van der Waals surface area contributed by atoms with E-state index in [2.05, 4.69) is 113 Å². The average molecular weight is 541 g/mol. The molecule has 4 heteroatoms. The van der Waals surface area contributed by atoms with Crippen molar-refractivity contribution in [2.75, 3.05) is 0 Å². The average Bonchev–Trinajstić information content (AvgIpc) is 3.08. The zero-order valence-electron chi connectivity index (χ0n) is 22.9. The molecule has 6 aromatic carbocycles. The molecule has 0 aliphatic carbocycles. The molecule has 0 aromatic heterocycles. The Labute approximate surface area is 245 Å². The normalized spacial score (nSPS) is 14.6. The van der Waals surface area contributed by atoms with Crippen LogP contribution in [0.2, 0.25) is 0 Å². The largest absolute Gasteiger partial charge is 0.343 e. The van der Waals surface area contributed by atoms with Gasteiger partial charge in [-0.3, -0.25) is 0 Å². The zero-order chi connectivity index (χ0) is 28.3. The number of amidine groups is 2. The molecule has 0 amide bonds. The molecule has 1 heterocycles. The monoisotopic (exact) mass is 540 g/mol. The summed E-state index contributed by atoms with van der Waals surface area (Å²) in [5.74, 6) is 1.83. The Bertz CT molecular complexity index is 2000.